The van der Waals surface area contributed by atoms with E-state index in [1.165, 1.54) is 24.3 Å². The molecule has 1 unspecified atom stereocenters. The van der Waals surface area contributed by atoms with Crippen LogP contribution in [0.15, 0.2) is 46.9 Å². The summed E-state index contributed by atoms with van der Waals surface area (Å²) in [6.07, 6.45) is -0.742. The minimum absolute atomic E-state index is 0.347. The average molecular weight is 373 g/mol. The number of anilines is 1. The number of hydrogen-bond donors (Lipinski definition) is 1. The number of carbonyl (C=O) groups is 1. The predicted octanol–water partition coefficient (Wildman–Crippen LogP) is 4.65. The third kappa shape index (κ3) is 4.44. The first-order chi connectivity index (χ1) is 9.95. The van der Waals surface area contributed by atoms with Crippen LogP contribution in [-0.4, -0.2) is 12.0 Å². The van der Waals surface area contributed by atoms with E-state index in [0.29, 0.717) is 16.5 Å². The van der Waals surface area contributed by atoms with Crippen LogP contribution in [0.3, 0.4) is 0 Å². The minimum Gasteiger partial charge on any atom is -0.479 e. The second-order valence-corrected chi connectivity index (χ2v) is 5.65. The molecule has 0 spiro atoms. The van der Waals surface area contributed by atoms with Gasteiger partial charge in [0.1, 0.15) is 11.6 Å². The third-order valence-electron chi connectivity index (χ3n) is 2.68. The van der Waals surface area contributed by atoms with Crippen molar-refractivity contribution < 1.29 is 13.9 Å². The molecule has 1 atom stereocenters. The Labute approximate surface area is 135 Å². The quantitative estimate of drug-likeness (QED) is 0.848. The van der Waals surface area contributed by atoms with Gasteiger partial charge in [-0.1, -0.05) is 27.5 Å². The van der Waals surface area contributed by atoms with Crippen LogP contribution in [0.25, 0.3) is 0 Å². The van der Waals surface area contributed by atoms with Crippen LogP contribution in [-0.2, 0) is 4.79 Å². The summed E-state index contributed by atoms with van der Waals surface area (Å²) in [5, 5.41) is 3.05. The van der Waals surface area contributed by atoms with E-state index in [0.717, 1.165) is 4.47 Å². The van der Waals surface area contributed by atoms with Crippen molar-refractivity contribution in [2.75, 3.05) is 5.32 Å². The molecule has 0 saturated carbocycles. The molecule has 21 heavy (non-hydrogen) atoms. The fraction of sp³-hybridized carbons (Fsp3) is 0.133. The lowest BCUT2D eigenvalue weighted by Gasteiger charge is -2.15. The summed E-state index contributed by atoms with van der Waals surface area (Å²) >= 11 is 9.32. The molecule has 3 nitrogen and oxygen atoms in total. The van der Waals surface area contributed by atoms with Crippen LogP contribution >= 0.6 is 27.5 Å². The third-order valence-corrected chi connectivity index (χ3v) is 3.47. The minimum atomic E-state index is -0.742. The summed E-state index contributed by atoms with van der Waals surface area (Å²) in [5.74, 6) is -0.291. The van der Waals surface area contributed by atoms with Crippen molar-refractivity contribution in [3.8, 4) is 5.75 Å². The average Bonchev–Trinajstić information content (AvgIpc) is 2.44. The monoisotopic (exact) mass is 371 g/mol. The van der Waals surface area contributed by atoms with Crippen LogP contribution in [0, 0.1) is 5.82 Å². The van der Waals surface area contributed by atoms with Gasteiger partial charge in [-0.3, -0.25) is 4.79 Å². The standard InChI is InChI=1S/C15H12BrClFNO2/c1-9(21-14-7-2-10(16)8-13(14)17)15(20)19-12-5-3-11(18)4-6-12/h2-9H,1H3,(H,19,20). The van der Waals surface area contributed by atoms with Gasteiger partial charge in [0.2, 0.25) is 0 Å². The number of hydrogen-bond acceptors (Lipinski definition) is 2. The Balaban J connectivity index is 2.00. The SMILES string of the molecule is CC(Oc1ccc(Br)cc1Cl)C(=O)Nc1ccc(F)cc1. The van der Waals surface area contributed by atoms with Gasteiger partial charge < -0.3 is 10.1 Å². The smallest absolute Gasteiger partial charge is 0.265 e. The Morgan fingerprint density at radius 2 is 1.95 bits per heavy atom. The molecule has 6 heteroatoms. The maximum Gasteiger partial charge on any atom is 0.265 e. The van der Waals surface area contributed by atoms with Gasteiger partial charge in [0, 0.05) is 10.2 Å². The summed E-state index contributed by atoms with van der Waals surface area (Å²) in [6, 6.07) is 10.6. The molecule has 110 valence electrons. The van der Waals surface area contributed by atoms with E-state index in [4.69, 9.17) is 16.3 Å². The lowest BCUT2D eigenvalue weighted by molar-refractivity contribution is -0.122. The van der Waals surface area contributed by atoms with E-state index in [2.05, 4.69) is 21.2 Å². The van der Waals surface area contributed by atoms with Crippen molar-refractivity contribution in [3.63, 3.8) is 0 Å². The van der Waals surface area contributed by atoms with Gasteiger partial charge in [0.25, 0.3) is 5.91 Å². The fourth-order valence-corrected chi connectivity index (χ4v) is 2.31. The van der Waals surface area contributed by atoms with Crippen LogP contribution in [0.1, 0.15) is 6.92 Å². The normalized spacial score (nSPS) is 11.8. The van der Waals surface area contributed by atoms with Gasteiger partial charge in [-0.2, -0.15) is 0 Å². The van der Waals surface area contributed by atoms with Gasteiger partial charge in [-0.15, -0.1) is 0 Å². The van der Waals surface area contributed by atoms with E-state index < -0.39 is 6.10 Å². The van der Waals surface area contributed by atoms with Crippen molar-refractivity contribution in [2.24, 2.45) is 0 Å². The number of carbonyl (C=O) groups excluding carboxylic acids is 1. The van der Waals surface area contributed by atoms with E-state index >= 15 is 0 Å². The summed E-state index contributed by atoms with van der Waals surface area (Å²) < 4.78 is 19.1. The highest BCUT2D eigenvalue weighted by atomic mass is 79.9. The zero-order valence-electron chi connectivity index (χ0n) is 11.1. The van der Waals surface area contributed by atoms with E-state index in [9.17, 15) is 9.18 Å². The lowest BCUT2D eigenvalue weighted by Crippen LogP contribution is -2.30. The first-order valence-electron chi connectivity index (χ1n) is 6.14. The van der Waals surface area contributed by atoms with Crippen molar-refractivity contribution in [2.45, 2.75) is 13.0 Å². The summed E-state index contributed by atoms with van der Waals surface area (Å²) in [4.78, 5) is 12.0. The highest BCUT2D eigenvalue weighted by molar-refractivity contribution is 9.10. The lowest BCUT2D eigenvalue weighted by atomic mass is 10.3. The number of halogens is 3. The van der Waals surface area contributed by atoms with Crippen molar-refractivity contribution in [3.05, 3.63) is 57.8 Å². The second-order valence-electron chi connectivity index (χ2n) is 4.33. The molecule has 1 N–H and O–H groups in total. The van der Waals surface area contributed by atoms with Gasteiger partial charge in [0.15, 0.2) is 6.10 Å². The van der Waals surface area contributed by atoms with Crippen molar-refractivity contribution in [1.82, 2.24) is 0 Å². The molecule has 1 amide bonds. The molecule has 0 saturated heterocycles. The fourth-order valence-electron chi connectivity index (χ4n) is 1.59. The van der Waals surface area contributed by atoms with E-state index in [1.807, 2.05) is 0 Å². The molecular weight excluding hydrogens is 361 g/mol. The largest absolute Gasteiger partial charge is 0.479 e. The Bertz CT molecular complexity index is 649. The van der Waals surface area contributed by atoms with E-state index in [-0.39, 0.29) is 11.7 Å². The molecule has 0 radical (unpaired) electrons. The number of nitrogens with one attached hydrogen (secondary N) is 1. The van der Waals surface area contributed by atoms with Gasteiger partial charge in [-0.05, 0) is 49.4 Å². The summed E-state index contributed by atoms with van der Waals surface area (Å²) in [6.45, 7) is 1.61. The molecule has 0 aliphatic rings. The maximum atomic E-state index is 12.8. The first-order valence-corrected chi connectivity index (χ1v) is 7.31. The second kappa shape index (κ2) is 6.91. The molecule has 0 bridgehead atoms. The predicted molar refractivity (Wildman–Crippen MR) is 84.3 cm³/mol. The van der Waals surface area contributed by atoms with Gasteiger partial charge in [0.05, 0.1) is 5.02 Å². The van der Waals surface area contributed by atoms with E-state index in [1.54, 1.807) is 25.1 Å². The molecule has 0 aliphatic carbocycles. The Morgan fingerprint density at radius 1 is 1.29 bits per heavy atom. The molecule has 0 aromatic heterocycles. The van der Waals surface area contributed by atoms with Crippen LogP contribution in [0.5, 0.6) is 5.75 Å². The molecule has 0 heterocycles. The number of benzene rings is 2. The molecule has 0 fully saturated rings. The van der Waals surface area contributed by atoms with Gasteiger partial charge >= 0.3 is 0 Å². The van der Waals surface area contributed by atoms with Crippen molar-refractivity contribution >= 4 is 39.1 Å². The molecule has 2 aromatic rings. The van der Waals surface area contributed by atoms with Gasteiger partial charge in [-0.25, -0.2) is 4.39 Å². The number of amides is 1. The Kier molecular flexibility index (Phi) is 5.20. The summed E-state index contributed by atoms with van der Waals surface area (Å²) in [5.41, 5.74) is 0.499. The maximum absolute atomic E-state index is 12.8. The number of rotatable bonds is 4. The topological polar surface area (TPSA) is 38.3 Å². The molecule has 2 rings (SSSR count). The zero-order chi connectivity index (χ0) is 15.4. The first kappa shape index (κ1) is 15.8. The highest BCUT2D eigenvalue weighted by Crippen LogP contribution is 2.28. The van der Waals surface area contributed by atoms with Crippen LogP contribution in [0.4, 0.5) is 10.1 Å². The molecular formula is C15H12BrClFNO2. The van der Waals surface area contributed by atoms with Crippen LogP contribution in [0.2, 0.25) is 5.02 Å². The Morgan fingerprint density at radius 3 is 2.57 bits per heavy atom. The molecule has 0 aliphatic heterocycles. The molecule has 2 aromatic carbocycles. The Hall–Kier alpha value is -1.59. The number of ether oxygens (including phenoxy) is 1. The van der Waals surface area contributed by atoms with Crippen LogP contribution < -0.4 is 10.1 Å². The summed E-state index contributed by atoms with van der Waals surface area (Å²) in [7, 11) is 0. The highest BCUT2D eigenvalue weighted by Gasteiger charge is 2.16. The zero-order valence-corrected chi connectivity index (χ0v) is 13.4. The van der Waals surface area contributed by atoms with Crippen molar-refractivity contribution in [1.29, 1.82) is 0 Å².